The maximum absolute atomic E-state index is 13.9. The van der Waals surface area contributed by atoms with E-state index in [1.54, 1.807) is 66.7 Å². The van der Waals surface area contributed by atoms with Crippen molar-refractivity contribution in [3.63, 3.8) is 0 Å². The number of nitrogens with zero attached hydrogens (tertiary/aromatic N) is 1. The van der Waals surface area contributed by atoms with Crippen LogP contribution in [0, 0.1) is 13.8 Å². The zero-order chi connectivity index (χ0) is 28.2. The fourth-order valence-corrected chi connectivity index (χ4v) is 4.77. The lowest BCUT2D eigenvalue weighted by molar-refractivity contribution is -0.158. The van der Waals surface area contributed by atoms with E-state index >= 15 is 0 Å². The molecule has 1 N–H and O–H groups in total. The van der Waals surface area contributed by atoms with E-state index in [-0.39, 0.29) is 17.5 Å². The van der Waals surface area contributed by atoms with E-state index in [1.807, 2.05) is 50.2 Å². The summed E-state index contributed by atoms with van der Waals surface area (Å²) >= 11 is 0. The standard InChI is InChI=1S/C33H28N2O5/c1-21-17-18-22(2)27(19-21)34-30(36)29(24-13-7-4-8-14-24)40-33(39)28(20-23-11-5-3-6-12-23)35-31(37)25-15-9-10-16-26(25)32(35)38/h3-19,28-29H,20H2,1-2H3,(H,34,36)/t28-,29-/m0/s1. The number of carbonyl (C=O) groups excluding carboxylic acids is 4. The lowest BCUT2D eigenvalue weighted by atomic mass is 10.0. The number of nitrogens with one attached hydrogen (secondary N) is 1. The fraction of sp³-hybridized carbons (Fsp3) is 0.152. The van der Waals surface area contributed by atoms with Gasteiger partial charge in [0.25, 0.3) is 17.7 Å². The second-order valence-corrected chi connectivity index (χ2v) is 9.77. The maximum Gasteiger partial charge on any atom is 0.330 e. The Hall–Kier alpha value is -5.04. The lowest BCUT2D eigenvalue weighted by Crippen LogP contribution is -2.47. The highest BCUT2D eigenvalue weighted by Crippen LogP contribution is 2.29. The zero-order valence-corrected chi connectivity index (χ0v) is 22.2. The van der Waals surface area contributed by atoms with Crippen LogP contribution in [-0.4, -0.2) is 34.6 Å². The van der Waals surface area contributed by atoms with Gasteiger partial charge >= 0.3 is 5.97 Å². The van der Waals surface area contributed by atoms with Gasteiger partial charge in [0.15, 0.2) is 0 Å². The molecule has 0 radical (unpaired) electrons. The van der Waals surface area contributed by atoms with E-state index in [9.17, 15) is 19.2 Å². The van der Waals surface area contributed by atoms with Gasteiger partial charge < -0.3 is 10.1 Å². The first-order valence-corrected chi connectivity index (χ1v) is 13.0. The first-order chi connectivity index (χ1) is 19.3. The minimum absolute atomic E-state index is 0.0330. The van der Waals surface area contributed by atoms with Gasteiger partial charge in [-0.15, -0.1) is 0 Å². The van der Waals surface area contributed by atoms with Gasteiger partial charge in [-0.3, -0.25) is 19.3 Å². The van der Waals surface area contributed by atoms with Crippen LogP contribution in [0.2, 0.25) is 0 Å². The third-order valence-corrected chi connectivity index (χ3v) is 6.91. The van der Waals surface area contributed by atoms with Crippen molar-refractivity contribution >= 4 is 29.4 Å². The van der Waals surface area contributed by atoms with Gasteiger partial charge in [-0.25, -0.2) is 4.79 Å². The summed E-state index contributed by atoms with van der Waals surface area (Å²) in [4.78, 5) is 55.1. The molecule has 0 unspecified atom stereocenters. The van der Waals surface area contributed by atoms with Crippen LogP contribution in [0.15, 0.2) is 103 Å². The Morgan fingerprint density at radius 1 is 0.775 bits per heavy atom. The molecule has 40 heavy (non-hydrogen) atoms. The molecule has 1 heterocycles. The molecule has 0 saturated heterocycles. The third-order valence-electron chi connectivity index (χ3n) is 6.91. The second-order valence-electron chi connectivity index (χ2n) is 9.77. The topological polar surface area (TPSA) is 92.8 Å². The molecular weight excluding hydrogens is 504 g/mol. The van der Waals surface area contributed by atoms with Gasteiger partial charge in [-0.05, 0) is 48.7 Å². The Labute approximate surface area is 232 Å². The largest absolute Gasteiger partial charge is 0.446 e. The Bertz CT molecular complexity index is 1550. The normalized spacial score (nSPS) is 13.9. The summed E-state index contributed by atoms with van der Waals surface area (Å²) in [6.07, 6.45) is -1.28. The highest BCUT2D eigenvalue weighted by molar-refractivity contribution is 6.22. The Balaban J connectivity index is 1.49. The summed E-state index contributed by atoms with van der Waals surface area (Å²) in [6, 6.07) is 28.6. The minimum atomic E-state index is -1.32. The highest BCUT2D eigenvalue weighted by atomic mass is 16.5. The first kappa shape index (κ1) is 26.6. The van der Waals surface area contributed by atoms with Crippen LogP contribution in [0.3, 0.4) is 0 Å². The molecule has 4 aromatic carbocycles. The number of carbonyl (C=O) groups is 4. The number of aryl methyl sites for hydroxylation is 2. The predicted octanol–water partition coefficient (Wildman–Crippen LogP) is 5.43. The van der Waals surface area contributed by atoms with Crippen LogP contribution in [-0.2, 0) is 20.7 Å². The quantitative estimate of drug-likeness (QED) is 0.241. The van der Waals surface area contributed by atoms with Gasteiger partial charge in [-0.2, -0.15) is 0 Å². The Morgan fingerprint density at radius 3 is 1.98 bits per heavy atom. The molecule has 3 amide bonds. The van der Waals surface area contributed by atoms with E-state index in [1.165, 1.54) is 0 Å². The van der Waals surface area contributed by atoms with E-state index in [0.29, 0.717) is 11.3 Å². The number of hydrogen-bond donors (Lipinski definition) is 1. The predicted molar refractivity (Wildman–Crippen MR) is 151 cm³/mol. The molecule has 0 bridgehead atoms. The van der Waals surface area contributed by atoms with Gasteiger partial charge in [0.2, 0.25) is 6.10 Å². The Morgan fingerprint density at radius 2 is 1.35 bits per heavy atom. The number of amides is 3. The number of anilines is 1. The summed E-state index contributed by atoms with van der Waals surface area (Å²) in [5, 5.41) is 2.88. The third kappa shape index (κ3) is 5.40. The summed E-state index contributed by atoms with van der Waals surface area (Å²) in [5.41, 5.74) is 4.06. The molecule has 7 nitrogen and oxygen atoms in total. The molecule has 1 aliphatic rings. The molecule has 0 fully saturated rings. The molecule has 0 spiro atoms. The lowest BCUT2D eigenvalue weighted by Gasteiger charge is -2.27. The van der Waals surface area contributed by atoms with Crippen LogP contribution in [0.1, 0.15) is 49.1 Å². The average Bonchev–Trinajstić information content (AvgIpc) is 3.22. The molecule has 4 aromatic rings. The van der Waals surface area contributed by atoms with Crippen LogP contribution < -0.4 is 5.32 Å². The van der Waals surface area contributed by atoms with E-state index in [4.69, 9.17) is 4.74 Å². The number of ether oxygens (including phenoxy) is 1. The number of imide groups is 1. The van der Waals surface area contributed by atoms with Crippen molar-refractivity contribution in [2.24, 2.45) is 0 Å². The summed E-state index contributed by atoms with van der Waals surface area (Å²) < 4.78 is 5.89. The van der Waals surface area contributed by atoms with Gasteiger partial charge in [0.05, 0.1) is 11.1 Å². The van der Waals surface area contributed by atoms with Crippen LogP contribution in [0.25, 0.3) is 0 Å². The number of benzene rings is 4. The minimum Gasteiger partial charge on any atom is -0.446 e. The Kier molecular flexibility index (Phi) is 7.55. The first-order valence-electron chi connectivity index (χ1n) is 13.0. The SMILES string of the molecule is Cc1ccc(C)c(NC(=O)[C@@H](OC(=O)[C@H](Cc2ccccc2)N2C(=O)c3ccccc3C2=O)c2ccccc2)c1. The van der Waals surface area contributed by atoms with Crippen LogP contribution in [0.4, 0.5) is 5.69 Å². The van der Waals surface area contributed by atoms with E-state index in [0.717, 1.165) is 21.6 Å². The van der Waals surface area contributed by atoms with Gasteiger partial charge in [-0.1, -0.05) is 84.9 Å². The van der Waals surface area contributed by atoms with Gasteiger partial charge in [0, 0.05) is 17.7 Å². The molecule has 0 saturated carbocycles. The van der Waals surface area contributed by atoms with E-state index < -0.39 is 35.8 Å². The molecule has 5 rings (SSSR count). The average molecular weight is 533 g/mol. The number of fused-ring (bicyclic) bond motifs is 1. The fourth-order valence-electron chi connectivity index (χ4n) is 4.77. The van der Waals surface area contributed by atoms with Crippen LogP contribution in [0.5, 0.6) is 0 Å². The molecule has 200 valence electrons. The number of esters is 1. The molecule has 0 aliphatic carbocycles. The monoisotopic (exact) mass is 532 g/mol. The van der Waals surface area contributed by atoms with Crippen molar-refractivity contribution < 1.29 is 23.9 Å². The number of hydrogen-bond acceptors (Lipinski definition) is 5. The number of rotatable bonds is 8. The van der Waals surface area contributed by atoms with Crippen molar-refractivity contribution in [1.29, 1.82) is 0 Å². The summed E-state index contributed by atoms with van der Waals surface area (Å²) in [7, 11) is 0. The summed E-state index contributed by atoms with van der Waals surface area (Å²) in [5.74, 6) is -2.55. The van der Waals surface area contributed by atoms with Crippen molar-refractivity contribution in [3.05, 3.63) is 137 Å². The van der Waals surface area contributed by atoms with Crippen molar-refractivity contribution in [1.82, 2.24) is 4.90 Å². The molecule has 2 atom stereocenters. The highest BCUT2D eigenvalue weighted by Gasteiger charge is 2.44. The van der Waals surface area contributed by atoms with Gasteiger partial charge in [0.1, 0.15) is 6.04 Å². The van der Waals surface area contributed by atoms with E-state index in [2.05, 4.69) is 5.32 Å². The maximum atomic E-state index is 13.9. The second kappa shape index (κ2) is 11.4. The molecule has 0 aromatic heterocycles. The molecule has 7 heteroatoms. The van der Waals surface area contributed by atoms with Crippen LogP contribution >= 0.6 is 0 Å². The smallest absolute Gasteiger partial charge is 0.330 e. The molecule has 1 aliphatic heterocycles. The van der Waals surface area contributed by atoms with Crippen molar-refractivity contribution in [2.45, 2.75) is 32.4 Å². The zero-order valence-electron chi connectivity index (χ0n) is 22.2. The summed E-state index contributed by atoms with van der Waals surface area (Å²) in [6.45, 7) is 3.79. The van der Waals surface area contributed by atoms with Crippen molar-refractivity contribution in [3.8, 4) is 0 Å². The molecular formula is C33H28N2O5. The van der Waals surface area contributed by atoms with Crippen molar-refractivity contribution in [2.75, 3.05) is 5.32 Å².